The van der Waals surface area contributed by atoms with Gasteiger partial charge in [-0.25, -0.2) is 9.97 Å². The number of likely N-dealkylation sites (N-methyl/N-ethyl adjacent to an activating group) is 1. The molecule has 3 aromatic rings. The van der Waals surface area contributed by atoms with E-state index in [0.717, 1.165) is 47.6 Å². The molecule has 6 nitrogen and oxygen atoms in total. The van der Waals surface area contributed by atoms with E-state index in [9.17, 15) is 0 Å². The Morgan fingerprint density at radius 2 is 1.82 bits per heavy atom. The maximum Gasteiger partial charge on any atom is 0.162 e. The number of aromatic nitrogens is 3. The Morgan fingerprint density at radius 3 is 2.71 bits per heavy atom. The highest BCUT2D eigenvalue weighted by Gasteiger charge is 2.12. The molecule has 1 aliphatic heterocycles. The number of para-hydroxylation sites is 1. The van der Waals surface area contributed by atoms with E-state index in [2.05, 4.69) is 33.2 Å². The first kappa shape index (κ1) is 18.8. The molecule has 1 aromatic carbocycles. The van der Waals surface area contributed by atoms with Crippen LogP contribution in [0, 0.1) is 0 Å². The Bertz CT molecular complexity index is 898. The van der Waals surface area contributed by atoms with Crippen molar-refractivity contribution in [3.8, 4) is 11.4 Å². The van der Waals surface area contributed by atoms with Crippen molar-refractivity contribution in [3.63, 3.8) is 0 Å². The van der Waals surface area contributed by atoms with Gasteiger partial charge in [0.25, 0.3) is 0 Å². The number of benzene rings is 1. The van der Waals surface area contributed by atoms with Crippen LogP contribution in [0.1, 0.15) is 12.8 Å². The Balaban J connectivity index is 1.44. The Labute approximate surface area is 166 Å². The molecule has 1 N–H and O–H groups in total. The molecule has 6 heteroatoms. The van der Waals surface area contributed by atoms with Gasteiger partial charge in [0.05, 0.1) is 5.52 Å². The molecule has 0 bridgehead atoms. The number of hydrogen-bond donors (Lipinski definition) is 1. The Hall–Kier alpha value is -2.57. The first-order valence-corrected chi connectivity index (χ1v) is 10.1. The molecule has 146 valence electrons. The van der Waals surface area contributed by atoms with Crippen LogP contribution in [0.3, 0.4) is 0 Å². The molecule has 1 aliphatic rings. The van der Waals surface area contributed by atoms with Crippen LogP contribution < -0.4 is 5.32 Å². The van der Waals surface area contributed by atoms with E-state index in [1.165, 1.54) is 32.6 Å². The molecule has 0 amide bonds. The third kappa shape index (κ3) is 4.64. The molecule has 3 heterocycles. The predicted octanol–water partition coefficient (Wildman–Crippen LogP) is 3.13. The van der Waals surface area contributed by atoms with Crippen molar-refractivity contribution in [2.75, 3.05) is 51.6 Å². The summed E-state index contributed by atoms with van der Waals surface area (Å²) >= 11 is 0. The maximum atomic E-state index is 4.81. The van der Waals surface area contributed by atoms with Gasteiger partial charge in [0, 0.05) is 43.0 Å². The highest BCUT2D eigenvalue weighted by Crippen LogP contribution is 2.24. The van der Waals surface area contributed by atoms with Gasteiger partial charge in [-0.15, -0.1) is 0 Å². The normalized spacial score (nSPS) is 16.2. The van der Waals surface area contributed by atoms with E-state index in [-0.39, 0.29) is 0 Å². The number of nitrogens with zero attached hydrogens (tertiary/aromatic N) is 5. The lowest BCUT2D eigenvalue weighted by Gasteiger charge is -2.20. The van der Waals surface area contributed by atoms with Crippen molar-refractivity contribution in [3.05, 3.63) is 48.8 Å². The van der Waals surface area contributed by atoms with E-state index >= 15 is 0 Å². The zero-order valence-electron chi connectivity index (χ0n) is 16.5. The summed E-state index contributed by atoms with van der Waals surface area (Å²) in [5.41, 5.74) is 1.94. The van der Waals surface area contributed by atoms with Crippen LogP contribution in [-0.2, 0) is 0 Å². The number of hydrogen-bond acceptors (Lipinski definition) is 6. The smallest absolute Gasteiger partial charge is 0.162 e. The second-order valence-electron chi connectivity index (χ2n) is 7.43. The van der Waals surface area contributed by atoms with Gasteiger partial charge in [0.15, 0.2) is 5.82 Å². The van der Waals surface area contributed by atoms with Crippen molar-refractivity contribution in [2.24, 2.45) is 0 Å². The maximum absolute atomic E-state index is 4.81. The lowest BCUT2D eigenvalue weighted by Crippen LogP contribution is -2.30. The third-order valence-electron chi connectivity index (χ3n) is 5.30. The second kappa shape index (κ2) is 9.08. The van der Waals surface area contributed by atoms with Gasteiger partial charge >= 0.3 is 0 Å². The van der Waals surface area contributed by atoms with E-state index < -0.39 is 0 Å². The monoisotopic (exact) mass is 376 g/mol. The van der Waals surface area contributed by atoms with Crippen molar-refractivity contribution in [2.45, 2.75) is 12.8 Å². The molecular weight excluding hydrogens is 348 g/mol. The van der Waals surface area contributed by atoms with Crippen LogP contribution >= 0.6 is 0 Å². The third-order valence-corrected chi connectivity index (χ3v) is 5.30. The Kier molecular flexibility index (Phi) is 6.09. The molecule has 0 saturated carbocycles. The number of nitrogens with one attached hydrogen (secondary N) is 1. The van der Waals surface area contributed by atoms with Crippen LogP contribution in [0.4, 0.5) is 5.82 Å². The molecule has 0 radical (unpaired) electrons. The second-order valence-corrected chi connectivity index (χ2v) is 7.43. The summed E-state index contributed by atoms with van der Waals surface area (Å²) in [5.74, 6) is 1.65. The molecule has 1 saturated heterocycles. The average Bonchev–Trinajstić information content (AvgIpc) is 2.95. The van der Waals surface area contributed by atoms with Gasteiger partial charge in [0.1, 0.15) is 5.82 Å². The van der Waals surface area contributed by atoms with Crippen LogP contribution in [0.2, 0.25) is 0 Å². The average molecular weight is 377 g/mol. The van der Waals surface area contributed by atoms with Gasteiger partial charge in [-0.2, -0.15) is 0 Å². The highest BCUT2D eigenvalue weighted by atomic mass is 15.2. The molecule has 1 fully saturated rings. The first-order chi connectivity index (χ1) is 13.8. The SMILES string of the molecule is CN1CCCN(CCCNc2nc(-c3ccncc3)nc3ccccc23)CC1. The number of fused-ring (bicyclic) bond motifs is 1. The molecular formula is C22H28N6. The van der Waals surface area contributed by atoms with Crippen molar-refractivity contribution < 1.29 is 0 Å². The van der Waals surface area contributed by atoms with Gasteiger partial charge in [0.2, 0.25) is 0 Å². The van der Waals surface area contributed by atoms with Gasteiger partial charge in [-0.05, 0) is 63.8 Å². The van der Waals surface area contributed by atoms with E-state index in [1.807, 2.05) is 30.3 Å². The zero-order valence-corrected chi connectivity index (χ0v) is 16.5. The summed E-state index contributed by atoms with van der Waals surface area (Å²) in [7, 11) is 2.21. The molecule has 28 heavy (non-hydrogen) atoms. The van der Waals surface area contributed by atoms with Crippen LogP contribution in [0.15, 0.2) is 48.8 Å². The summed E-state index contributed by atoms with van der Waals surface area (Å²) < 4.78 is 0. The minimum Gasteiger partial charge on any atom is -0.369 e. The quantitative estimate of drug-likeness (QED) is 0.667. The van der Waals surface area contributed by atoms with Crippen LogP contribution in [0.25, 0.3) is 22.3 Å². The fourth-order valence-electron chi connectivity index (χ4n) is 3.67. The van der Waals surface area contributed by atoms with Crippen molar-refractivity contribution in [1.29, 1.82) is 0 Å². The van der Waals surface area contributed by atoms with E-state index in [4.69, 9.17) is 9.97 Å². The summed E-state index contributed by atoms with van der Waals surface area (Å²) in [6, 6.07) is 12.1. The molecule has 2 aromatic heterocycles. The predicted molar refractivity (Wildman–Crippen MR) is 114 cm³/mol. The standard InChI is InChI=1S/C22H28N6/c1-27-13-5-15-28(17-16-27)14-4-10-24-22-19-6-2-3-7-20(19)25-21(26-22)18-8-11-23-12-9-18/h2-3,6-9,11-12H,4-5,10,13-17H2,1H3,(H,24,25,26). The van der Waals surface area contributed by atoms with Crippen molar-refractivity contribution >= 4 is 16.7 Å². The minimum absolute atomic E-state index is 0.735. The number of pyridine rings is 1. The largest absolute Gasteiger partial charge is 0.369 e. The minimum atomic E-state index is 0.735. The molecule has 4 rings (SSSR count). The summed E-state index contributed by atoms with van der Waals surface area (Å²) in [5, 5.41) is 4.62. The topological polar surface area (TPSA) is 57.2 Å². The zero-order chi connectivity index (χ0) is 19.2. The molecule has 0 atom stereocenters. The van der Waals surface area contributed by atoms with Crippen LogP contribution in [-0.4, -0.2) is 71.1 Å². The summed E-state index contributed by atoms with van der Waals surface area (Å²) in [4.78, 5) is 18.6. The van der Waals surface area contributed by atoms with Gasteiger partial charge in [-0.3, -0.25) is 4.98 Å². The Morgan fingerprint density at radius 1 is 0.964 bits per heavy atom. The first-order valence-electron chi connectivity index (χ1n) is 10.1. The van der Waals surface area contributed by atoms with E-state index in [1.54, 1.807) is 12.4 Å². The fraction of sp³-hybridized carbons (Fsp3) is 0.409. The summed E-state index contributed by atoms with van der Waals surface area (Å²) in [6.07, 6.45) is 5.92. The number of anilines is 1. The summed E-state index contributed by atoms with van der Waals surface area (Å²) in [6.45, 7) is 6.77. The molecule has 0 spiro atoms. The molecule has 0 unspecified atom stereocenters. The fourth-order valence-corrected chi connectivity index (χ4v) is 3.67. The lowest BCUT2D eigenvalue weighted by molar-refractivity contribution is 0.276. The van der Waals surface area contributed by atoms with Crippen molar-refractivity contribution in [1.82, 2.24) is 24.8 Å². The van der Waals surface area contributed by atoms with E-state index in [0.29, 0.717) is 0 Å². The lowest BCUT2D eigenvalue weighted by atomic mass is 10.2. The molecule has 0 aliphatic carbocycles. The number of rotatable bonds is 6. The van der Waals surface area contributed by atoms with Gasteiger partial charge in [-0.1, -0.05) is 12.1 Å². The van der Waals surface area contributed by atoms with Gasteiger partial charge < -0.3 is 15.1 Å². The van der Waals surface area contributed by atoms with Crippen LogP contribution in [0.5, 0.6) is 0 Å². The highest BCUT2D eigenvalue weighted by molar-refractivity contribution is 5.90.